The zero-order valence-electron chi connectivity index (χ0n) is 11.1. The molecule has 0 spiro atoms. The minimum atomic E-state index is -1.34. The van der Waals surface area contributed by atoms with Crippen LogP contribution in [-0.2, 0) is 11.2 Å². The largest absolute Gasteiger partial charge is 0.465 e. The Labute approximate surface area is 118 Å². The molecule has 0 unspecified atom stereocenters. The predicted molar refractivity (Wildman–Crippen MR) is 80.3 cm³/mol. The van der Waals surface area contributed by atoms with Crippen molar-refractivity contribution < 1.29 is 9.53 Å². The second-order valence-electron chi connectivity index (χ2n) is 5.03. The summed E-state index contributed by atoms with van der Waals surface area (Å²) >= 11 is 3.47. The van der Waals surface area contributed by atoms with Gasteiger partial charge in [0.25, 0.3) is 0 Å². The van der Waals surface area contributed by atoms with E-state index in [-0.39, 0.29) is 5.97 Å². The topological polar surface area (TPSA) is 26.3 Å². The van der Waals surface area contributed by atoms with Crippen molar-refractivity contribution in [1.29, 1.82) is 0 Å². The third kappa shape index (κ3) is 4.67. The van der Waals surface area contributed by atoms with E-state index in [1.807, 2.05) is 12.1 Å². The van der Waals surface area contributed by atoms with Crippen molar-refractivity contribution in [2.45, 2.75) is 26.1 Å². The van der Waals surface area contributed by atoms with Crippen LogP contribution in [0.2, 0.25) is 19.6 Å². The van der Waals surface area contributed by atoms with E-state index in [9.17, 15) is 4.79 Å². The number of carbonyl (C=O) groups excluding carboxylic acids is 1. The molecule has 2 nitrogen and oxygen atoms in total. The van der Waals surface area contributed by atoms with Gasteiger partial charge in [-0.15, -0.1) is 11.5 Å². The highest BCUT2D eigenvalue weighted by molar-refractivity contribution is 9.10. The van der Waals surface area contributed by atoms with E-state index in [2.05, 4.69) is 47.0 Å². The van der Waals surface area contributed by atoms with Crippen LogP contribution in [0.15, 0.2) is 22.7 Å². The molecule has 0 aliphatic carbocycles. The Morgan fingerprint density at radius 3 is 2.61 bits per heavy atom. The summed E-state index contributed by atoms with van der Waals surface area (Å²) in [5, 5.41) is 0. The molecule has 0 N–H and O–H groups in total. The molecule has 4 heteroatoms. The molecule has 1 rings (SSSR count). The van der Waals surface area contributed by atoms with Crippen LogP contribution in [0.3, 0.4) is 0 Å². The van der Waals surface area contributed by atoms with Gasteiger partial charge in [-0.05, 0) is 23.8 Å². The molecule has 0 saturated carbocycles. The SMILES string of the molecule is COC(=O)c1ccc(Br)c(CC#C[Si](C)(C)C)c1. The minimum Gasteiger partial charge on any atom is -0.465 e. The Morgan fingerprint density at radius 1 is 1.39 bits per heavy atom. The van der Waals surface area contributed by atoms with Crippen molar-refractivity contribution in [3.8, 4) is 11.5 Å². The lowest BCUT2D eigenvalue weighted by Crippen LogP contribution is -2.16. The van der Waals surface area contributed by atoms with Crippen LogP contribution in [0, 0.1) is 11.5 Å². The number of rotatable bonds is 2. The van der Waals surface area contributed by atoms with Gasteiger partial charge in [-0.3, -0.25) is 0 Å². The monoisotopic (exact) mass is 324 g/mol. The van der Waals surface area contributed by atoms with E-state index >= 15 is 0 Å². The average Bonchev–Trinajstić information content (AvgIpc) is 2.29. The molecule has 0 atom stereocenters. The number of ether oxygens (including phenoxy) is 1. The molecule has 1 aromatic rings. The quantitative estimate of drug-likeness (QED) is 0.471. The molecule has 18 heavy (non-hydrogen) atoms. The maximum absolute atomic E-state index is 11.4. The molecule has 0 radical (unpaired) electrons. The molecule has 0 bridgehead atoms. The van der Waals surface area contributed by atoms with Crippen molar-refractivity contribution in [1.82, 2.24) is 0 Å². The Kier molecular flexibility index (Phi) is 5.18. The number of benzene rings is 1. The van der Waals surface area contributed by atoms with Crippen LogP contribution < -0.4 is 0 Å². The predicted octanol–water partition coefficient (Wildman–Crippen LogP) is 3.66. The van der Waals surface area contributed by atoms with Gasteiger partial charge in [-0.2, -0.15) is 0 Å². The van der Waals surface area contributed by atoms with E-state index in [0.717, 1.165) is 10.0 Å². The van der Waals surface area contributed by atoms with Crippen molar-refractivity contribution in [3.63, 3.8) is 0 Å². The maximum atomic E-state index is 11.4. The molecule has 0 heterocycles. The smallest absolute Gasteiger partial charge is 0.337 e. The van der Waals surface area contributed by atoms with E-state index in [0.29, 0.717) is 12.0 Å². The Bertz CT molecular complexity index is 507. The van der Waals surface area contributed by atoms with Gasteiger partial charge in [0.05, 0.1) is 12.7 Å². The summed E-state index contributed by atoms with van der Waals surface area (Å²) in [4.78, 5) is 11.4. The van der Waals surface area contributed by atoms with Crippen LogP contribution in [-0.4, -0.2) is 21.2 Å². The first-order valence-electron chi connectivity index (χ1n) is 5.70. The number of hydrogen-bond donors (Lipinski definition) is 0. The summed E-state index contributed by atoms with van der Waals surface area (Å²) in [5.41, 5.74) is 4.89. The van der Waals surface area contributed by atoms with Crippen LogP contribution in [0.5, 0.6) is 0 Å². The van der Waals surface area contributed by atoms with Gasteiger partial charge >= 0.3 is 5.97 Å². The number of methoxy groups -OCH3 is 1. The Morgan fingerprint density at radius 2 is 2.06 bits per heavy atom. The average molecular weight is 325 g/mol. The highest BCUT2D eigenvalue weighted by atomic mass is 79.9. The van der Waals surface area contributed by atoms with E-state index < -0.39 is 8.07 Å². The van der Waals surface area contributed by atoms with Crippen molar-refractivity contribution in [2.75, 3.05) is 7.11 Å². The molecule has 0 aliphatic rings. The normalized spacial score (nSPS) is 10.5. The molecule has 0 saturated heterocycles. The molecule has 0 aromatic heterocycles. The minimum absolute atomic E-state index is 0.318. The van der Waals surface area contributed by atoms with Gasteiger partial charge in [0.1, 0.15) is 8.07 Å². The second kappa shape index (κ2) is 6.21. The van der Waals surface area contributed by atoms with Gasteiger partial charge in [0.2, 0.25) is 0 Å². The summed E-state index contributed by atoms with van der Waals surface area (Å²) in [7, 11) is 0.0452. The summed E-state index contributed by atoms with van der Waals surface area (Å²) < 4.78 is 5.68. The zero-order chi connectivity index (χ0) is 13.8. The van der Waals surface area contributed by atoms with Crippen molar-refractivity contribution in [2.24, 2.45) is 0 Å². The number of halogens is 1. The van der Waals surface area contributed by atoms with Crippen molar-refractivity contribution >= 4 is 30.0 Å². The van der Waals surface area contributed by atoms with Gasteiger partial charge < -0.3 is 4.74 Å². The molecule has 1 aromatic carbocycles. The highest BCUT2D eigenvalue weighted by Crippen LogP contribution is 2.19. The number of hydrogen-bond acceptors (Lipinski definition) is 2. The van der Waals surface area contributed by atoms with Gasteiger partial charge in [0, 0.05) is 10.9 Å². The maximum Gasteiger partial charge on any atom is 0.337 e. The first-order valence-corrected chi connectivity index (χ1v) is 9.99. The van der Waals surface area contributed by atoms with Gasteiger partial charge in [0.15, 0.2) is 0 Å². The lowest BCUT2D eigenvalue weighted by molar-refractivity contribution is 0.0600. The van der Waals surface area contributed by atoms with E-state index in [1.165, 1.54) is 7.11 Å². The summed E-state index contributed by atoms with van der Waals surface area (Å²) in [6.07, 6.45) is 0.648. The molecule has 0 amide bonds. The van der Waals surface area contributed by atoms with Crippen LogP contribution >= 0.6 is 15.9 Å². The number of esters is 1. The van der Waals surface area contributed by atoms with E-state index in [4.69, 9.17) is 4.74 Å². The second-order valence-corrected chi connectivity index (χ2v) is 10.6. The van der Waals surface area contributed by atoms with Crippen molar-refractivity contribution in [3.05, 3.63) is 33.8 Å². The Hall–Kier alpha value is -1.05. The summed E-state index contributed by atoms with van der Waals surface area (Å²) in [6.45, 7) is 6.62. The fourth-order valence-electron chi connectivity index (χ4n) is 1.36. The van der Waals surface area contributed by atoms with Crippen LogP contribution in [0.25, 0.3) is 0 Å². The standard InChI is InChI=1S/C14H17BrO2Si/c1-17-14(16)12-7-8-13(15)11(10-12)6-5-9-18(2,3)4/h7-8,10H,6H2,1-4H3. The molecular formula is C14H17BrO2Si. The lowest BCUT2D eigenvalue weighted by Gasteiger charge is -2.05. The number of carbonyl (C=O) groups is 1. The third-order valence-electron chi connectivity index (χ3n) is 2.21. The molecule has 96 valence electrons. The fraction of sp³-hybridized carbons (Fsp3) is 0.357. The highest BCUT2D eigenvalue weighted by Gasteiger charge is 2.09. The first-order chi connectivity index (χ1) is 8.33. The van der Waals surface area contributed by atoms with Gasteiger partial charge in [-0.1, -0.05) is 35.6 Å². The van der Waals surface area contributed by atoms with Gasteiger partial charge in [-0.25, -0.2) is 4.79 Å². The zero-order valence-corrected chi connectivity index (χ0v) is 13.7. The molecule has 0 fully saturated rings. The first kappa shape index (κ1) is 15.0. The molecule has 0 aliphatic heterocycles. The summed E-state index contributed by atoms with van der Waals surface area (Å²) in [5.74, 6) is 2.88. The van der Waals surface area contributed by atoms with E-state index in [1.54, 1.807) is 6.07 Å². The van der Waals surface area contributed by atoms with Crippen LogP contribution in [0.1, 0.15) is 15.9 Å². The fourth-order valence-corrected chi connectivity index (χ4v) is 2.37. The van der Waals surface area contributed by atoms with Crippen LogP contribution in [0.4, 0.5) is 0 Å². The Balaban J connectivity index is 2.94. The molecular weight excluding hydrogens is 308 g/mol. The lowest BCUT2D eigenvalue weighted by atomic mass is 10.1. The summed E-state index contributed by atoms with van der Waals surface area (Å²) in [6, 6.07) is 5.43. The third-order valence-corrected chi connectivity index (χ3v) is 3.91.